The van der Waals surface area contributed by atoms with Crippen LogP contribution in [0, 0.1) is 0 Å². The third-order valence-electron chi connectivity index (χ3n) is 6.16. The summed E-state index contributed by atoms with van der Waals surface area (Å²) in [5.41, 5.74) is -0.297. The summed E-state index contributed by atoms with van der Waals surface area (Å²) in [4.78, 5) is 44.1. The molecule has 30 heavy (non-hydrogen) atoms. The Morgan fingerprint density at radius 2 is 1.93 bits per heavy atom. The van der Waals surface area contributed by atoms with Crippen LogP contribution in [0.2, 0.25) is 0 Å². The van der Waals surface area contributed by atoms with Gasteiger partial charge in [-0.2, -0.15) is 0 Å². The molecule has 9 nitrogen and oxygen atoms in total. The Balaban J connectivity index is 1.97. The fraction of sp³-hybridized carbons (Fsp3) is 0.714. The van der Waals surface area contributed by atoms with Gasteiger partial charge in [-0.1, -0.05) is 32.6 Å². The second-order valence-electron chi connectivity index (χ2n) is 8.16. The molecule has 2 aromatic heterocycles. The number of fused-ring (bicyclic) bond motifs is 1. The number of methoxy groups -OCH3 is 1. The lowest BCUT2D eigenvalue weighted by molar-refractivity contribution is -0.142. The third-order valence-corrected chi connectivity index (χ3v) is 6.16. The number of carbonyl (C=O) groups is 1. The third kappa shape index (κ3) is 4.50. The molecule has 2 heterocycles. The maximum Gasteiger partial charge on any atom is 0.330 e. The molecule has 0 bridgehead atoms. The van der Waals surface area contributed by atoms with Gasteiger partial charge in [0, 0.05) is 18.6 Å². The zero-order chi connectivity index (χ0) is 21.7. The van der Waals surface area contributed by atoms with Crippen LogP contribution in [0.15, 0.2) is 9.59 Å². The van der Waals surface area contributed by atoms with Crippen LogP contribution in [0.3, 0.4) is 0 Å². The van der Waals surface area contributed by atoms with Gasteiger partial charge in [-0.05, 0) is 26.2 Å². The lowest BCUT2D eigenvalue weighted by Crippen LogP contribution is -2.48. The van der Waals surface area contributed by atoms with E-state index in [1.807, 2.05) is 11.5 Å². The summed E-state index contributed by atoms with van der Waals surface area (Å²) in [6.45, 7) is 5.51. The molecule has 1 saturated carbocycles. The zero-order valence-electron chi connectivity index (χ0n) is 18.3. The van der Waals surface area contributed by atoms with Crippen molar-refractivity contribution in [1.82, 2.24) is 24.4 Å². The molecule has 1 aliphatic rings. The van der Waals surface area contributed by atoms with Crippen molar-refractivity contribution in [3.63, 3.8) is 0 Å². The average molecular weight is 420 g/mol. The van der Waals surface area contributed by atoms with Gasteiger partial charge in [0.15, 0.2) is 11.2 Å². The van der Waals surface area contributed by atoms with E-state index in [1.54, 1.807) is 4.57 Å². The van der Waals surface area contributed by atoms with E-state index in [1.165, 1.54) is 7.11 Å². The summed E-state index contributed by atoms with van der Waals surface area (Å²) in [5.74, 6) is 0.474. The van der Waals surface area contributed by atoms with E-state index in [2.05, 4.69) is 17.2 Å². The Kier molecular flexibility index (Phi) is 7.12. The minimum absolute atomic E-state index is 0.224. The van der Waals surface area contributed by atoms with Gasteiger partial charge in [0.25, 0.3) is 5.56 Å². The van der Waals surface area contributed by atoms with Crippen LogP contribution < -0.4 is 16.6 Å². The van der Waals surface area contributed by atoms with E-state index in [0.29, 0.717) is 43.0 Å². The standard InChI is InChI=1S/C21H33N5O4/c1-4-6-12-26-18-17(19(28)24-20(26)29)25(5-2)15(23-18)14-22-21(13-16(27)30-3)10-8-7-9-11-21/h22H,4-14H2,1-3H3,(H,24,28,29). The van der Waals surface area contributed by atoms with E-state index < -0.39 is 11.2 Å². The van der Waals surface area contributed by atoms with Gasteiger partial charge in [0.2, 0.25) is 0 Å². The van der Waals surface area contributed by atoms with Crippen LogP contribution in [0.1, 0.15) is 71.0 Å². The van der Waals surface area contributed by atoms with Crippen molar-refractivity contribution in [1.29, 1.82) is 0 Å². The van der Waals surface area contributed by atoms with Gasteiger partial charge in [-0.15, -0.1) is 0 Å². The molecule has 1 aliphatic carbocycles. The zero-order valence-corrected chi connectivity index (χ0v) is 18.3. The number of nitrogens with zero attached hydrogens (tertiary/aromatic N) is 3. The van der Waals surface area contributed by atoms with Crippen LogP contribution in [-0.4, -0.2) is 37.7 Å². The molecular weight excluding hydrogens is 386 g/mol. The Labute approximate surface area is 175 Å². The molecule has 1 fully saturated rings. The normalized spacial score (nSPS) is 16.1. The van der Waals surface area contributed by atoms with Gasteiger partial charge < -0.3 is 14.6 Å². The predicted octanol–water partition coefficient (Wildman–Crippen LogP) is 2.06. The van der Waals surface area contributed by atoms with Crippen molar-refractivity contribution in [2.45, 2.75) is 90.4 Å². The fourth-order valence-corrected chi connectivity index (χ4v) is 4.48. The van der Waals surface area contributed by atoms with E-state index >= 15 is 0 Å². The Bertz CT molecular complexity index is 997. The molecule has 0 aromatic carbocycles. The van der Waals surface area contributed by atoms with Crippen molar-refractivity contribution in [3.05, 3.63) is 26.7 Å². The number of imidazole rings is 1. The molecule has 3 rings (SSSR count). The van der Waals surface area contributed by atoms with Gasteiger partial charge in [-0.25, -0.2) is 9.78 Å². The highest BCUT2D eigenvalue weighted by Crippen LogP contribution is 2.32. The minimum atomic E-state index is -0.421. The maximum absolute atomic E-state index is 12.6. The van der Waals surface area contributed by atoms with Crippen LogP contribution in [-0.2, 0) is 29.2 Å². The van der Waals surface area contributed by atoms with Crippen molar-refractivity contribution in [3.8, 4) is 0 Å². The van der Waals surface area contributed by atoms with E-state index in [0.717, 1.165) is 44.9 Å². The molecule has 0 saturated heterocycles. The molecule has 0 aliphatic heterocycles. The van der Waals surface area contributed by atoms with E-state index in [9.17, 15) is 14.4 Å². The number of aryl methyl sites for hydroxylation is 2. The highest BCUT2D eigenvalue weighted by Gasteiger charge is 2.34. The lowest BCUT2D eigenvalue weighted by atomic mass is 9.79. The second kappa shape index (κ2) is 9.59. The van der Waals surface area contributed by atoms with Gasteiger partial charge in [0.1, 0.15) is 5.82 Å². The Morgan fingerprint density at radius 3 is 2.57 bits per heavy atom. The molecular formula is C21H33N5O4. The number of H-pyrrole nitrogens is 1. The highest BCUT2D eigenvalue weighted by molar-refractivity contribution is 5.71. The number of unbranched alkanes of at least 4 members (excludes halogenated alkanes) is 1. The van der Waals surface area contributed by atoms with E-state index in [-0.39, 0.29) is 11.5 Å². The first-order valence-electron chi connectivity index (χ1n) is 11.0. The number of carbonyl (C=O) groups excluding carboxylic acids is 1. The fourth-order valence-electron chi connectivity index (χ4n) is 4.48. The molecule has 9 heteroatoms. The number of hydrogen-bond acceptors (Lipinski definition) is 6. The number of aromatic nitrogens is 4. The number of esters is 1. The summed E-state index contributed by atoms with van der Waals surface area (Å²) in [6, 6.07) is 0. The van der Waals surface area contributed by atoms with Gasteiger partial charge in [0.05, 0.1) is 20.1 Å². The summed E-state index contributed by atoms with van der Waals surface area (Å²) in [6.07, 6.45) is 7.16. The molecule has 2 N–H and O–H groups in total. The maximum atomic E-state index is 12.6. The van der Waals surface area contributed by atoms with Crippen molar-refractivity contribution >= 4 is 17.1 Å². The van der Waals surface area contributed by atoms with Gasteiger partial charge >= 0.3 is 11.7 Å². The first-order valence-corrected chi connectivity index (χ1v) is 11.0. The molecule has 0 radical (unpaired) electrons. The lowest BCUT2D eigenvalue weighted by Gasteiger charge is -2.37. The molecule has 2 aromatic rings. The molecule has 0 unspecified atom stereocenters. The Morgan fingerprint density at radius 1 is 1.20 bits per heavy atom. The predicted molar refractivity (Wildman–Crippen MR) is 114 cm³/mol. The summed E-state index contributed by atoms with van der Waals surface area (Å²) >= 11 is 0. The second-order valence-corrected chi connectivity index (χ2v) is 8.16. The topological polar surface area (TPSA) is 111 Å². The SMILES string of the molecule is CCCCn1c(=O)[nH]c(=O)c2c1nc(CNC1(CC(=O)OC)CCCCC1)n2CC. The van der Waals surface area contributed by atoms with Crippen LogP contribution in [0.4, 0.5) is 0 Å². The first kappa shape index (κ1) is 22.3. The van der Waals surface area contributed by atoms with Crippen LogP contribution >= 0.6 is 0 Å². The monoisotopic (exact) mass is 419 g/mol. The number of nitrogens with one attached hydrogen (secondary N) is 2. The molecule has 166 valence electrons. The van der Waals surface area contributed by atoms with Crippen LogP contribution in [0.5, 0.6) is 0 Å². The summed E-state index contributed by atoms with van der Waals surface area (Å²) < 4.78 is 8.34. The average Bonchev–Trinajstić information content (AvgIpc) is 3.11. The largest absolute Gasteiger partial charge is 0.469 e. The van der Waals surface area contributed by atoms with Crippen molar-refractivity contribution in [2.75, 3.05) is 7.11 Å². The summed E-state index contributed by atoms with van der Waals surface area (Å²) in [7, 11) is 1.41. The smallest absolute Gasteiger partial charge is 0.330 e. The van der Waals surface area contributed by atoms with Crippen molar-refractivity contribution in [2.24, 2.45) is 0 Å². The summed E-state index contributed by atoms with van der Waals surface area (Å²) in [5, 5.41) is 3.57. The quantitative estimate of drug-likeness (QED) is 0.602. The number of aromatic amines is 1. The first-order chi connectivity index (χ1) is 14.4. The number of hydrogen-bond donors (Lipinski definition) is 2. The number of ether oxygens (including phenoxy) is 1. The molecule has 0 spiro atoms. The minimum Gasteiger partial charge on any atom is -0.469 e. The van der Waals surface area contributed by atoms with Crippen LogP contribution in [0.25, 0.3) is 11.2 Å². The van der Waals surface area contributed by atoms with E-state index in [4.69, 9.17) is 9.72 Å². The number of rotatable bonds is 9. The van der Waals surface area contributed by atoms with Gasteiger partial charge in [-0.3, -0.25) is 19.1 Å². The highest BCUT2D eigenvalue weighted by atomic mass is 16.5. The Hall–Kier alpha value is -2.42. The molecule has 0 amide bonds. The molecule has 0 atom stereocenters. The van der Waals surface area contributed by atoms with Crippen molar-refractivity contribution < 1.29 is 9.53 Å².